The van der Waals surface area contributed by atoms with Gasteiger partial charge in [0.2, 0.25) is 0 Å². The Morgan fingerprint density at radius 3 is 2.43 bits per heavy atom. The number of nitrogens with zero attached hydrogens (tertiary/aromatic N) is 1. The second-order valence-electron chi connectivity index (χ2n) is 6.42. The van der Waals surface area contributed by atoms with Gasteiger partial charge in [-0.05, 0) is 33.5 Å². The van der Waals surface area contributed by atoms with Crippen molar-refractivity contribution < 1.29 is 13.2 Å². The van der Waals surface area contributed by atoms with Gasteiger partial charge in [0.05, 0.1) is 10.5 Å². The lowest BCUT2D eigenvalue weighted by atomic mass is 9.97. The molecule has 0 saturated heterocycles. The second kappa shape index (κ2) is 5.65. The summed E-state index contributed by atoms with van der Waals surface area (Å²) in [5.41, 5.74) is 6.50. The van der Waals surface area contributed by atoms with Crippen molar-refractivity contribution in [2.75, 3.05) is 0 Å². The molecule has 0 unspecified atom stereocenters. The van der Waals surface area contributed by atoms with Crippen molar-refractivity contribution in [3.05, 3.63) is 34.2 Å². The highest BCUT2D eigenvalue weighted by Crippen LogP contribution is 2.33. The van der Waals surface area contributed by atoms with E-state index in [-0.39, 0.29) is 11.0 Å². The van der Waals surface area contributed by atoms with E-state index in [2.05, 4.69) is 15.9 Å². The van der Waals surface area contributed by atoms with E-state index in [1.54, 1.807) is 12.3 Å². The molecular formula is C15H18BrF3N2. The Hall–Kier alpha value is -1.01. The lowest BCUT2D eigenvalue weighted by Gasteiger charge is -2.20. The number of halogens is 4. The predicted molar refractivity (Wildman–Crippen MR) is 82.0 cm³/mol. The fourth-order valence-electron chi connectivity index (χ4n) is 2.36. The van der Waals surface area contributed by atoms with Crippen molar-refractivity contribution in [2.45, 2.75) is 39.8 Å². The van der Waals surface area contributed by atoms with Gasteiger partial charge in [0.25, 0.3) is 6.43 Å². The molecule has 0 amide bonds. The molecule has 1 atom stereocenters. The molecule has 0 fully saturated rings. The van der Waals surface area contributed by atoms with Crippen LogP contribution in [0.2, 0.25) is 0 Å². The molecule has 2 N–H and O–H groups in total. The topological polar surface area (TPSA) is 30.9 Å². The Labute approximate surface area is 130 Å². The van der Waals surface area contributed by atoms with Crippen LogP contribution in [0.5, 0.6) is 0 Å². The smallest absolute Gasteiger partial charge is 0.257 e. The van der Waals surface area contributed by atoms with Crippen LogP contribution in [0.4, 0.5) is 13.2 Å². The summed E-state index contributed by atoms with van der Waals surface area (Å²) in [6, 6.07) is 1.45. The number of benzene rings is 1. The number of alkyl halides is 2. The molecule has 0 radical (unpaired) electrons. The summed E-state index contributed by atoms with van der Waals surface area (Å²) in [7, 11) is 0. The van der Waals surface area contributed by atoms with Crippen molar-refractivity contribution >= 4 is 26.8 Å². The molecule has 1 heterocycles. The molecule has 0 aliphatic rings. The van der Waals surface area contributed by atoms with Gasteiger partial charge in [-0.15, -0.1) is 0 Å². The van der Waals surface area contributed by atoms with Crippen molar-refractivity contribution in [1.29, 1.82) is 0 Å². The number of rotatable bonds is 3. The summed E-state index contributed by atoms with van der Waals surface area (Å²) in [4.78, 5) is 0. The SMILES string of the molecule is CC(C)(C)Cn1cc([C@H](N)C(F)F)c2cc(F)c(Br)cc21. The van der Waals surface area contributed by atoms with E-state index < -0.39 is 18.3 Å². The van der Waals surface area contributed by atoms with Crippen LogP contribution >= 0.6 is 15.9 Å². The highest BCUT2D eigenvalue weighted by molar-refractivity contribution is 9.10. The third kappa shape index (κ3) is 3.43. The van der Waals surface area contributed by atoms with Gasteiger partial charge in [-0.25, -0.2) is 13.2 Å². The summed E-state index contributed by atoms with van der Waals surface area (Å²) < 4.78 is 41.8. The fourth-order valence-corrected chi connectivity index (χ4v) is 2.69. The average Bonchev–Trinajstić information content (AvgIpc) is 2.65. The quantitative estimate of drug-likeness (QED) is 0.830. The van der Waals surface area contributed by atoms with E-state index in [1.807, 2.05) is 25.3 Å². The molecular weight excluding hydrogens is 345 g/mol. The number of nitrogens with two attached hydrogens (primary N) is 1. The minimum atomic E-state index is -2.69. The molecule has 116 valence electrons. The van der Waals surface area contributed by atoms with E-state index >= 15 is 0 Å². The zero-order chi connectivity index (χ0) is 15.9. The number of aromatic nitrogens is 1. The van der Waals surface area contributed by atoms with E-state index in [4.69, 9.17) is 5.73 Å². The molecule has 0 aliphatic carbocycles. The third-order valence-corrected chi connectivity index (χ3v) is 3.84. The van der Waals surface area contributed by atoms with Gasteiger partial charge in [-0.1, -0.05) is 20.8 Å². The highest BCUT2D eigenvalue weighted by Gasteiger charge is 2.24. The van der Waals surface area contributed by atoms with Crippen LogP contribution in [0.15, 0.2) is 22.8 Å². The summed E-state index contributed by atoms with van der Waals surface area (Å²) in [6.07, 6.45) is -1.08. The van der Waals surface area contributed by atoms with Crippen LogP contribution in [0.25, 0.3) is 10.9 Å². The summed E-state index contributed by atoms with van der Waals surface area (Å²) in [5.74, 6) is -0.487. The van der Waals surface area contributed by atoms with E-state index in [0.29, 0.717) is 21.9 Å². The van der Waals surface area contributed by atoms with Gasteiger partial charge >= 0.3 is 0 Å². The number of hydrogen-bond acceptors (Lipinski definition) is 1. The number of hydrogen-bond donors (Lipinski definition) is 1. The summed E-state index contributed by atoms with van der Waals surface area (Å²) in [5, 5.41) is 0.438. The van der Waals surface area contributed by atoms with E-state index in [1.165, 1.54) is 6.07 Å². The molecule has 2 nitrogen and oxygen atoms in total. The Balaban J connectivity index is 2.67. The van der Waals surface area contributed by atoms with Crippen LogP contribution in [0.3, 0.4) is 0 Å². The Morgan fingerprint density at radius 2 is 1.90 bits per heavy atom. The zero-order valence-corrected chi connectivity index (χ0v) is 13.7. The Bertz CT molecular complexity index is 659. The molecule has 0 saturated carbocycles. The summed E-state index contributed by atoms with van der Waals surface area (Å²) >= 11 is 3.14. The minimum absolute atomic E-state index is 0.0427. The molecule has 1 aromatic heterocycles. The Morgan fingerprint density at radius 1 is 1.29 bits per heavy atom. The van der Waals surface area contributed by atoms with E-state index in [0.717, 1.165) is 0 Å². The lowest BCUT2D eigenvalue weighted by molar-refractivity contribution is 0.117. The average molecular weight is 363 g/mol. The molecule has 0 spiro atoms. The molecule has 2 aromatic rings. The largest absolute Gasteiger partial charge is 0.347 e. The standard InChI is InChI=1S/C15H18BrF3N2/c1-15(2,3)7-21-6-9(13(20)14(18)19)8-4-11(17)10(16)5-12(8)21/h4-6,13-14H,7,20H2,1-3H3/t13-/m0/s1. The predicted octanol–water partition coefficient (Wildman–Crippen LogP) is 4.85. The molecule has 0 aliphatic heterocycles. The maximum Gasteiger partial charge on any atom is 0.257 e. The van der Waals surface area contributed by atoms with Crippen LogP contribution < -0.4 is 5.73 Å². The molecule has 1 aromatic carbocycles. The first-order valence-electron chi connectivity index (χ1n) is 6.61. The second-order valence-corrected chi connectivity index (χ2v) is 7.27. The van der Waals surface area contributed by atoms with Gasteiger partial charge in [0.15, 0.2) is 0 Å². The monoisotopic (exact) mass is 362 g/mol. The van der Waals surface area contributed by atoms with Crippen LogP contribution in [0.1, 0.15) is 32.4 Å². The Kier molecular flexibility index (Phi) is 4.40. The van der Waals surface area contributed by atoms with Crippen LogP contribution in [-0.4, -0.2) is 11.0 Å². The van der Waals surface area contributed by atoms with Crippen LogP contribution in [0, 0.1) is 11.2 Å². The molecule has 0 bridgehead atoms. The molecule has 21 heavy (non-hydrogen) atoms. The fraction of sp³-hybridized carbons (Fsp3) is 0.467. The van der Waals surface area contributed by atoms with Gasteiger partial charge in [-0.2, -0.15) is 0 Å². The molecule has 2 rings (SSSR count). The van der Waals surface area contributed by atoms with Gasteiger partial charge in [0.1, 0.15) is 5.82 Å². The molecule has 6 heteroatoms. The van der Waals surface area contributed by atoms with Gasteiger partial charge < -0.3 is 10.3 Å². The maximum absolute atomic E-state index is 13.8. The first-order chi connectivity index (χ1) is 9.60. The normalized spacial score (nSPS) is 14.1. The first kappa shape index (κ1) is 16.4. The maximum atomic E-state index is 13.8. The van der Waals surface area contributed by atoms with Crippen molar-refractivity contribution in [1.82, 2.24) is 4.57 Å². The minimum Gasteiger partial charge on any atom is -0.347 e. The summed E-state index contributed by atoms with van der Waals surface area (Å²) in [6.45, 7) is 6.76. The van der Waals surface area contributed by atoms with Gasteiger partial charge in [-0.3, -0.25) is 0 Å². The highest BCUT2D eigenvalue weighted by atomic mass is 79.9. The first-order valence-corrected chi connectivity index (χ1v) is 7.41. The van der Waals surface area contributed by atoms with Crippen molar-refractivity contribution in [3.8, 4) is 0 Å². The number of fused-ring (bicyclic) bond motifs is 1. The van der Waals surface area contributed by atoms with E-state index in [9.17, 15) is 13.2 Å². The lowest BCUT2D eigenvalue weighted by Crippen LogP contribution is -2.19. The van der Waals surface area contributed by atoms with Crippen molar-refractivity contribution in [3.63, 3.8) is 0 Å². The van der Waals surface area contributed by atoms with Crippen LogP contribution in [-0.2, 0) is 6.54 Å². The zero-order valence-electron chi connectivity index (χ0n) is 12.1. The van der Waals surface area contributed by atoms with Gasteiger partial charge in [0, 0.05) is 29.2 Å². The third-order valence-electron chi connectivity index (χ3n) is 3.23. The van der Waals surface area contributed by atoms with Crippen molar-refractivity contribution in [2.24, 2.45) is 11.1 Å².